The Labute approximate surface area is 188 Å². The molecule has 2 atom stereocenters. The second kappa shape index (κ2) is 9.08. The minimum Gasteiger partial charge on any atom is -0.367 e. The van der Waals surface area contributed by atoms with Crippen LogP contribution in [0.15, 0.2) is 18.5 Å². The van der Waals surface area contributed by atoms with Crippen LogP contribution in [0.5, 0.6) is 0 Å². The van der Waals surface area contributed by atoms with E-state index in [0.29, 0.717) is 18.9 Å². The largest absolute Gasteiger partial charge is 0.367 e. The number of aryl methyl sites for hydroxylation is 1. The molecule has 2 unspecified atom stereocenters. The Hall–Kier alpha value is -1.26. The summed E-state index contributed by atoms with van der Waals surface area (Å²) >= 11 is 7.93. The van der Waals surface area contributed by atoms with Crippen molar-refractivity contribution in [3.05, 3.63) is 38.8 Å². The van der Waals surface area contributed by atoms with Crippen molar-refractivity contribution >= 4 is 39.6 Å². The van der Waals surface area contributed by atoms with Gasteiger partial charge in [0.1, 0.15) is 5.60 Å². The minimum atomic E-state index is -0.809. The molecular weight excluding hydrogens is 444 g/mol. The Morgan fingerprint density at radius 2 is 2.23 bits per heavy atom. The first-order valence-electron chi connectivity index (χ1n) is 10.1. The van der Waals surface area contributed by atoms with Gasteiger partial charge in [-0.1, -0.05) is 11.6 Å². The number of nitrogens with one attached hydrogen (secondary N) is 1. The summed E-state index contributed by atoms with van der Waals surface area (Å²) < 4.78 is 20.3. The third kappa shape index (κ3) is 4.80. The highest BCUT2D eigenvalue weighted by atomic mass is 35.5. The van der Waals surface area contributed by atoms with Gasteiger partial charge in [0.15, 0.2) is 0 Å². The van der Waals surface area contributed by atoms with Gasteiger partial charge in [0.25, 0.3) is 0 Å². The van der Waals surface area contributed by atoms with E-state index in [0.717, 1.165) is 47.3 Å². The number of likely N-dealkylation sites (tertiary alicyclic amines) is 1. The van der Waals surface area contributed by atoms with E-state index in [4.69, 9.17) is 16.3 Å². The number of carbonyl (C=O) groups is 1. The molecule has 2 aromatic heterocycles. The second-order valence-corrected chi connectivity index (χ2v) is 11.3. The fourth-order valence-corrected chi connectivity index (χ4v) is 6.23. The summed E-state index contributed by atoms with van der Waals surface area (Å²) in [5.74, 6) is 0.559. The molecule has 0 radical (unpaired) electrons. The number of rotatable bonds is 6. The highest BCUT2D eigenvalue weighted by Gasteiger charge is 2.45. The predicted molar refractivity (Wildman–Crippen MR) is 119 cm³/mol. The summed E-state index contributed by atoms with van der Waals surface area (Å²) in [5.41, 5.74) is 1.96. The lowest BCUT2D eigenvalue weighted by Gasteiger charge is -2.45. The molecule has 4 rings (SSSR count). The van der Waals surface area contributed by atoms with E-state index in [-0.39, 0.29) is 17.6 Å². The van der Waals surface area contributed by atoms with Gasteiger partial charge < -0.3 is 10.1 Å². The summed E-state index contributed by atoms with van der Waals surface area (Å²) in [7, 11) is -0.809. The molecule has 4 heterocycles. The maximum absolute atomic E-state index is 11.6. The fourth-order valence-electron chi connectivity index (χ4n) is 4.29. The van der Waals surface area contributed by atoms with Gasteiger partial charge in [-0.25, -0.2) is 0 Å². The van der Waals surface area contributed by atoms with Gasteiger partial charge in [-0.2, -0.15) is 5.10 Å². The summed E-state index contributed by atoms with van der Waals surface area (Å²) in [5, 5.41) is 7.36. The number of hydrogen-bond acceptors (Lipinski definition) is 6. The predicted octanol–water partition coefficient (Wildman–Crippen LogP) is 2.68. The van der Waals surface area contributed by atoms with E-state index < -0.39 is 10.8 Å². The lowest BCUT2D eigenvalue weighted by atomic mass is 9.84. The molecule has 10 heteroatoms. The quantitative estimate of drug-likeness (QED) is 0.702. The van der Waals surface area contributed by atoms with Gasteiger partial charge in [0.2, 0.25) is 5.91 Å². The lowest BCUT2D eigenvalue weighted by Crippen LogP contribution is -2.48. The molecule has 0 aromatic carbocycles. The van der Waals surface area contributed by atoms with Crippen LogP contribution in [0.4, 0.5) is 0 Å². The Kier molecular flexibility index (Phi) is 6.64. The molecule has 1 N–H and O–H groups in total. The van der Waals surface area contributed by atoms with Crippen LogP contribution in [0, 0.1) is 0 Å². The zero-order valence-electron chi connectivity index (χ0n) is 17.2. The van der Waals surface area contributed by atoms with Crippen molar-refractivity contribution < 1.29 is 13.7 Å². The number of amides is 1. The topological polar surface area (TPSA) is 76.5 Å². The van der Waals surface area contributed by atoms with E-state index >= 15 is 0 Å². The molecule has 0 aliphatic carbocycles. The van der Waals surface area contributed by atoms with Crippen LogP contribution in [-0.4, -0.2) is 56.5 Å². The molecule has 0 saturated carbocycles. The van der Waals surface area contributed by atoms with Gasteiger partial charge in [-0.15, -0.1) is 11.3 Å². The normalized spacial score (nSPS) is 22.0. The van der Waals surface area contributed by atoms with Crippen molar-refractivity contribution in [2.45, 2.75) is 44.5 Å². The fraction of sp³-hybridized carbons (Fsp3) is 0.600. The highest BCUT2D eigenvalue weighted by Crippen LogP contribution is 2.49. The van der Waals surface area contributed by atoms with Crippen LogP contribution in [0.2, 0.25) is 4.34 Å². The van der Waals surface area contributed by atoms with Gasteiger partial charge in [0, 0.05) is 66.0 Å². The summed E-state index contributed by atoms with van der Waals surface area (Å²) in [6.45, 7) is 5.37. The number of fused-ring (bicyclic) bond motifs is 2. The first kappa shape index (κ1) is 22.0. The molecular formula is C20H27ClN4O3S2. The molecule has 1 amide bonds. The Morgan fingerprint density at radius 1 is 1.47 bits per heavy atom. The second-order valence-electron chi connectivity index (χ2n) is 8.06. The zero-order valence-corrected chi connectivity index (χ0v) is 19.6. The van der Waals surface area contributed by atoms with Crippen LogP contribution >= 0.6 is 22.9 Å². The number of nitrogens with zero attached hydrogens (tertiary/aromatic N) is 3. The molecule has 2 aromatic rings. The smallest absolute Gasteiger partial charge is 0.217 e. The summed E-state index contributed by atoms with van der Waals surface area (Å²) in [6.07, 6.45) is 7.45. The first-order chi connectivity index (χ1) is 14.3. The Balaban J connectivity index is 1.40. The van der Waals surface area contributed by atoms with Gasteiger partial charge >= 0.3 is 0 Å². The third-order valence-electron chi connectivity index (χ3n) is 5.79. The van der Waals surface area contributed by atoms with Crippen molar-refractivity contribution in [1.29, 1.82) is 0 Å². The van der Waals surface area contributed by atoms with Crippen molar-refractivity contribution in [2.75, 3.05) is 31.7 Å². The van der Waals surface area contributed by atoms with Crippen molar-refractivity contribution in [3.63, 3.8) is 0 Å². The molecule has 0 bridgehead atoms. The van der Waals surface area contributed by atoms with E-state index in [1.165, 1.54) is 12.5 Å². The van der Waals surface area contributed by atoms with Crippen LogP contribution in [0.1, 0.15) is 41.8 Å². The maximum atomic E-state index is 11.6. The number of thiophene rings is 1. The molecule has 7 nitrogen and oxygen atoms in total. The number of piperidine rings is 1. The van der Waals surface area contributed by atoms with Crippen LogP contribution in [0.3, 0.4) is 0 Å². The van der Waals surface area contributed by atoms with E-state index in [1.54, 1.807) is 17.6 Å². The SMILES string of the molecule is CC(=O)NC1COC2(CCN(Cc3cnn(CCS(C)=O)c3)CC2)c2sc(Cl)cc21. The number of hydrogen-bond donors (Lipinski definition) is 1. The molecule has 1 fully saturated rings. The summed E-state index contributed by atoms with van der Waals surface area (Å²) in [4.78, 5) is 15.1. The molecule has 2 aliphatic rings. The first-order valence-corrected chi connectivity index (χ1v) is 13.0. The van der Waals surface area contributed by atoms with E-state index in [2.05, 4.69) is 15.3 Å². The monoisotopic (exact) mass is 470 g/mol. The van der Waals surface area contributed by atoms with E-state index in [1.807, 2.05) is 23.1 Å². The maximum Gasteiger partial charge on any atom is 0.217 e. The lowest BCUT2D eigenvalue weighted by molar-refractivity contribution is -0.126. The van der Waals surface area contributed by atoms with Crippen LogP contribution < -0.4 is 5.32 Å². The number of halogens is 1. The number of carbonyl (C=O) groups excluding carboxylic acids is 1. The van der Waals surface area contributed by atoms with Gasteiger partial charge in [-0.3, -0.25) is 18.6 Å². The van der Waals surface area contributed by atoms with E-state index in [9.17, 15) is 9.00 Å². The van der Waals surface area contributed by atoms with Crippen molar-refractivity contribution in [2.24, 2.45) is 0 Å². The van der Waals surface area contributed by atoms with Crippen molar-refractivity contribution in [1.82, 2.24) is 20.0 Å². The zero-order chi connectivity index (χ0) is 21.3. The molecule has 1 spiro atoms. The molecule has 164 valence electrons. The Bertz CT molecular complexity index is 936. The summed E-state index contributed by atoms with van der Waals surface area (Å²) in [6, 6.07) is 1.85. The highest BCUT2D eigenvalue weighted by molar-refractivity contribution is 7.84. The number of aromatic nitrogens is 2. The Morgan fingerprint density at radius 3 is 2.93 bits per heavy atom. The molecule has 1 saturated heterocycles. The number of ether oxygens (including phenoxy) is 1. The van der Waals surface area contributed by atoms with Crippen LogP contribution in [0.25, 0.3) is 0 Å². The van der Waals surface area contributed by atoms with Crippen molar-refractivity contribution in [3.8, 4) is 0 Å². The standard InChI is InChI=1S/C20H27ClN4O3S2/c1-14(26)23-17-13-28-20(19-16(17)9-18(21)29-19)3-5-24(6-4-20)11-15-10-22-25(12-15)7-8-30(2)27/h9-10,12,17H,3-8,11,13H2,1-2H3,(H,23,26). The average Bonchev–Trinajstić information content (AvgIpc) is 3.31. The van der Waals surface area contributed by atoms with Gasteiger partial charge in [0.05, 0.1) is 29.7 Å². The average molecular weight is 471 g/mol. The van der Waals surface area contributed by atoms with Crippen LogP contribution in [-0.2, 0) is 39.0 Å². The third-order valence-corrected chi connectivity index (χ3v) is 8.01. The minimum absolute atomic E-state index is 0.0617. The van der Waals surface area contributed by atoms with Gasteiger partial charge in [-0.05, 0) is 24.5 Å². The molecule has 30 heavy (non-hydrogen) atoms. The molecule has 2 aliphatic heterocycles.